The number of carboxylic acids is 1. The van der Waals surface area contributed by atoms with Crippen LogP contribution >= 0.6 is 0 Å². The summed E-state index contributed by atoms with van der Waals surface area (Å²) in [5.74, 6) is -2.02. The molecule has 328 valence electrons. The second-order valence-electron chi connectivity index (χ2n) is 16.7. The van der Waals surface area contributed by atoms with E-state index in [1.807, 2.05) is 21.1 Å². The van der Waals surface area contributed by atoms with Gasteiger partial charge >= 0.3 is 17.9 Å². The number of carboxylic acid groups (broad SMARTS) is 1. The predicted octanol–water partition coefficient (Wildman–Crippen LogP) is 12.1. The van der Waals surface area contributed by atoms with Gasteiger partial charge in [-0.05, 0) is 64.2 Å². The Hall–Kier alpha value is -2.23. The number of unbranched alkanes of at least 4 members (excludes halogenated alkanes) is 23. The van der Waals surface area contributed by atoms with Gasteiger partial charge in [0.1, 0.15) is 13.2 Å². The van der Waals surface area contributed by atoms with Crippen molar-refractivity contribution in [3.05, 3.63) is 24.3 Å². The third-order valence-electron chi connectivity index (χ3n) is 9.93. The van der Waals surface area contributed by atoms with Crippen molar-refractivity contribution in [2.24, 2.45) is 0 Å². The van der Waals surface area contributed by atoms with Crippen molar-refractivity contribution < 1.29 is 42.9 Å². The summed E-state index contributed by atoms with van der Waals surface area (Å²) >= 11 is 0. The van der Waals surface area contributed by atoms with Gasteiger partial charge in [-0.25, -0.2) is 4.79 Å². The summed E-state index contributed by atoms with van der Waals surface area (Å²) in [5.41, 5.74) is 0. The maximum Gasteiger partial charge on any atom is 0.361 e. The van der Waals surface area contributed by atoms with Crippen LogP contribution in [-0.4, -0.2) is 87.4 Å². The van der Waals surface area contributed by atoms with Gasteiger partial charge < -0.3 is 28.5 Å². The van der Waals surface area contributed by atoms with Crippen molar-refractivity contribution >= 4 is 17.9 Å². The summed E-state index contributed by atoms with van der Waals surface area (Å²) < 4.78 is 22.7. The molecule has 0 aromatic heterocycles. The topological polar surface area (TPSA) is 108 Å². The number of quaternary nitrogens is 1. The molecule has 0 aromatic rings. The van der Waals surface area contributed by atoms with E-state index in [1.54, 1.807) is 0 Å². The van der Waals surface area contributed by atoms with Crippen molar-refractivity contribution in [2.75, 3.05) is 47.5 Å². The molecule has 0 radical (unpaired) electrons. The zero-order valence-corrected chi connectivity index (χ0v) is 37.1. The second kappa shape index (κ2) is 39.6. The van der Waals surface area contributed by atoms with Crippen LogP contribution < -0.4 is 0 Å². The van der Waals surface area contributed by atoms with Crippen LogP contribution in [0.25, 0.3) is 0 Å². The number of carbonyl (C=O) groups excluding carboxylic acids is 2. The number of carbonyl (C=O) groups is 3. The average Bonchev–Trinajstić information content (AvgIpc) is 3.15. The molecule has 0 aliphatic heterocycles. The van der Waals surface area contributed by atoms with Crippen molar-refractivity contribution in [3.8, 4) is 0 Å². The van der Waals surface area contributed by atoms with Crippen LogP contribution in [0, 0.1) is 0 Å². The van der Waals surface area contributed by atoms with Gasteiger partial charge in [0.05, 0.1) is 34.4 Å². The standard InChI is InChI=1S/C47H87NO8/c1-6-8-10-12-14-16-18-20-22-24-26-28-30-32-34-36-38-45(50)56-43(42-55-47(46(51)52)53-40-39-48(3,4)5)41-54-44(49)37-35-33-31-29-27-25-23-21-19-17-15-13-11-9-7-2/h21-24,43,47H,6-20,25-42H2,1-5H3/p+1/b23-21-,24-22-. The van der Waals surface area contributed by atoms with Crippen molar-refractivity contribution in [1.82, 2.24) is 0 Å². The minimum absolute atomic E-state index is 0.186. The zero-order valence-electron chi connectivity index (χ0n) is 37.1. The highest BCUT2D eigenvalue weighted by atomic mass is 16.7. The number of likely N-dealkylation sites (N-methyl/N-ethyl adjacent to an activating group) is 1. The Morgan fingerprint density at radius 1 is 0.518 bits per heavy atom. The quantitative estimate of drug-likeness (QED) is 0.0214. The van der Waals surface area contributed by atoms with E-state index in [4.69, 9.17) is 18.9 Å². The third-order valence-corrected chi connectivity index (χ3v) is 9.93. The van der Waals surface area contributed by atoms with Crippen molar-refractivity contribution in [1.29, 1.82) is 0 Å². The highest BCUT2D eigenvalue weighted by Gasteiger charge is 2.25. The second-order valence-corrected chi connectivity index (χ2v) is 16.7. The minimum Gasteiger partial charge on any atom is -0.477 e. The van der Waals surface area contributed by atoms with E-state index in [0.29, 0.717) is 23.9 Å². The molecule has 0 aliphatic rings. The van der Waals surface area contributed by atoms with Gasteiger partial charge in [-0.15, -0.1) is 0 Å². The summed E-state index contributed by atoms with van der Waals surface area (Å²) in [7, 11) is 5.95. The van der Waals surface area contributed by atoms with Crippen molar-refractivity contribution in [3.63, 3.8) is 0 Å². The zero-order chi connectivity index (χ0) is 41.4. The van der Waals surface area contributed by atoms with E-state index in [2.05, 4.69) is 38.2 Å². The highest BCUT2D eigenvalue weighted by Crippen LogP contribution is 2.14. The lowest BCUT2D eigenvalue weighted by atomic mass is 10.1. The molecule has 0 saturated carbocycles. The highest BCUT2D eigenvalue weighted by molar-refractivity contribution is 5.71. The SMILES string of the molecule is CCCCCCCC/C=C\CCCCCCCC(=O)OCC(COC(OCC[N+](C)(C)C)C(=O)O)OC(=O)CCCCCCC/C=C\CCCCCCCCC. The molecular weight excluding hydrogens is 707 g/mol. The molecule has 0 aliphatic carbocycles. The fraction of sp³-hybridized carbons (Fsp3) is 0.851. The molecule has 1 N–H and O–H groups in total. The van der Waals surface area contributed by atoms with Crippen LogP contribution in [0.1, 0.15) is 200 Å². The first kappa shape index (κ1) is 53.8. The Morgan fingerprint density at radius 3 is 1.32 bits per heavy atom. The molecule has 2 unspecified atom stereocenters. The van der Waals surface area contributed by atoms with Crippen LogP contribution in [0.3, 0.4) is 0 Å². The molecule has 0 amide bonds. The molecule has 0 spiro atoms. The molecule has 2 atom stereocenters. The van der Waals surface area contributed by atoms with E-state index in [9.17, 15) is 19.5 Å². The van der Waals surface area contributed by atoms with Crippen LogP contribution in [0.5, 0.6) is 0 Å². The summed E-state index contributed by atoms with van der Waals surface area (Å²) in [6, 6.07) is 0. The lowest BCUT2D eigenvalue weighted by Crippen LogP contribution is -2.40. The molecule has 0 rings (SSSR count). The van der Waals surface area contributed by atoms with Gasteiger partial charge in [0, 0.05) is 12.8 Å². The Labute approximate surface area is 344 Å². The number of esters is 2. The van der Waals surface area contributed by atoms with Gasteiger partial charge in [-0.1, -0.05) is 147 Å². The molecule has 9 heteroatoms. The lowest BCUT2D eigenvalue weighted by molar-refractivity contribution is -0.870. The van der Waals surface area contributed by atoms with E-state index >= 15 is 0 Å². The Kier molecular flexibility index (Phi) is 38.0. The molecule has 0 aromatic carbocycles. The average molecular weight is 795 g/mol. The first-order valence-corrected chi connectivity index (χ1v) is 23.0. The van der Waals surface area contributed by atoms with Crippen LogP contribution in [-0.2, 0) is 33.3 Å². The number of aliphatic carboxylic acids is 1. The molecule has 0 heterocycles. The normalized spacial score (nSPS) is 13.1. The fourth-order valence-corrected chi connectivity index (χ4v) is 6.29. The van der Waals surface area contributed by atoms with Gasteiger partial charge in [0.2, 0.25) is 0 Å². The fourth-order valence-electron chi connectivity index (χ4n) is 6.29. The number of hydrogen-bond donors (Lipinski definition) is 1. The summed E-state index contributed by atoms with van der Waals surface area (Å²) in [5, 5.41) is 9.63. The number of ether oxygens (including phenoxy) is 4. The Balaban J connectivity index is 4.45. The lowest BCUT2D eigenvalue weighted by Gasteiger charge is -2.25. The first-order chi connectivity index (χ1) is 27.1. The van der Waals surface area contributed by atoms with Crippen LogP contribution in [0.2, 0.25) is 0 Å². The summed E-state index contributed by atoms with van der Waals surface area (Å²) in [6.45, 7) is 4.85. The van der Waals surface area contributed by atoms with E-state index in [1.165, 1.54) is 96.3 Å². The Morgan fingerprint density at radius 2 is 0.911 bits per heavy atom. The number of allylic oxidation sites excluding steroid dienone is 4. The van der Waals surface area contributed by atoms with Gasteiger partial charge in [-0.3, -0.25) is 9.59 Å². The molecule has 0 saturated heterocycles. The monoisotopic (exact) mass is 795 g/mol. The number of rotatable bonds is 42. The molecule has 0 fully saturated rings. The Bertz CT molecular complexity index is 976. The van der Waals surface area contributed by atoms with E-state index < -0.39 is 24.3 Å². The van der Waals surface area contributed by atoms with Gasteiger partial charge in [-0.2, -0.15) is 0 Å². The van der Waals surface area contributed by atoms with Crippen molar-refractivity contribution in [2.45, 2.75) is 212 Å². The molecule has 9 nitrogen and oxygen atoms in total. The largest absolute Gasteiger partial charge is 0.477 e. The number of hydrogen-bond acceptors (Lipinski definition) is 7. The minimum atomic E-state index is -1.51. The number of nitrogens with zero attached hydrogens (tertiary/aromatic N) is 1. The molecule has 0 bridgehead atoms. The maximum absolute atomic E-state index is 12.8. The van der Waals surface area contributed by atoms with Gasteiger partial charge in [0.15, 0.2) is 6.10 Å². The predicted molar refractivity (Wildman–Crippen MR) is 231 cm³/mol. The summed E-state index contributed by atoms with van der Waals surface area (Å²) in [4.78, 5) is 37.1. The maximum atomic E-state index is 12.8. The first-order valence-electron chi connectivity index (χ1n) is 23.0. The summed E-state index contributed by atoms with van der Waals surface area (Å²) in [6.07, 6.45) is 39.4. The van der Waals surface area contributed by atoms with Gasteiger partial charge in [0.25, 0.3) is 6.29 Å². The third kappa shape index (κ3) is 40.0. The van der Waals surface area contributed by atoms with Crippen LogP contribution in [0.4, 0.5) is 0 Å². The van der Waals surface area contributed by atoms with E-state index in [0.717, 1.165) is 70.6 Å². The smallest absolute Gasteiger partial charge is 0.361 e. The van der Waals surface area contributed by atoms with Crippen LogP contribution in [0.15, 0.2) is 24.3 Å². The molecule has 56 heavy (non-hydrogen) atoms. The molecular formula is C47H88NO8+. The van der Waals surface area contributed by atoms with E-state index in [-0.39, 0.29) is 32.2 Å².